The van der Waals surface area contributed by atoms with Crippen molar-refractivity contribution < 1.29 is 67.4 Å². The van der Waals surface area contributed by atoms with Crippen LogP contribution in [-0.4, -0.2) is 263 Å². The highest BCUT2D eigenvalue weighted by Crippen LogP contribution is 2.24. The van der Waals surface area contributed by atoms with Crippen molar-refractivity contribution in [2.45, 2.75) is 233 Å². The third-order valence-electron chi connectivity index (χ3n) is 19.4. The summed E-state index contributed by atoms with van der Waals surface area (Å²) in [7, 11) is 9.91. The molecule has 0 saturated carbocycles. The van der Waals surface area contributed by atoms with E-state index in [2.05, 4.69) is 21.3 Å². The standard InChI is InChI=1S/C75H120N12O14/c1-21-49(8)63-72(98)82(16)54(41-52-31-25-22-26-32-52)43-61(90)84(18)59(42-53-33-27-23-28-34-53)66(92)76-55(45-101-75(11,12)13)70(96)86(20)58(39-48(6)7)69(95)78-64(51(10)88)73(99)81(15)50(9)40-60(89)83(17)56(37-46(2)3)68(94)79-65(74(100)87-35-29-24-30-36-87)71(97)80(14)44-62(91)85(19)57(38-47(4)5)67(93)77-63/h22-23,25-28,31-34,46-51,54-59,63-65,88H,21,24,29-30,35-45H2,1-20H3,(H,76,92)(H,77,93)(H,78,95)(H,79,94)/t49-,50-,51+,54+,55-,56-,57-,58-,59-,63-,64-,65-/m0/s1. The highest BCUT2D eigenvalue weighted by Gasteiger charge is 2.44. The number of amides is 12. The van der Waals surface area contributed by atoms with Crippen LogP contribution in [0.3, 0.4) is 0 Å². The zero-order valence-corrected chi connectivity index (χ0v) is 63.9. The van der Waals surface area contributed by atoms with Crippen molar-refractivity contribution in [3.8, 4) is 0 Å². The van der Waals surface area contributed by atoms with E-state index in [4.69, 9.17) is 4.74 Å². The van der Waals surface area contributed by atoms with Crippen LogP contribution in [0.15, 0.2) is 60.7 Å². The van der Waals surface area contributed by atoms with Gasteiger partial charge in [0.15, 0.2) is 6.04 Å². The summed E-state index contributed by atoms with van der Waals surface area (Å²) in [4.78, 5) is 189. The molecule has 0 radical (unpaired) electrons. The van der Waals surface area contributed by atoms with Gasteiger partial charge < -0.3 is 70.3 Å². The molecule has 4 rings (SSSR count). The topological polar surface area (TPSA) is 308 Å². The minimum absolute atomic E-state index is 0.0351. The first-order valence-corrected chi connectivity index (χ1v) is 35.9. The first-order chi connectivity index (χ1) is 47.2. The Morgan fingerprint density at radius 2 is 0.950 bits per heavy atom. The highest BCUT2D eigenvalue weighted by molar-refractivity contribution is 6.08. The van der Waals surface area contributed by atoms with E-state index >= 15 is 24.0 Å². The molecule has 2 saturated heterocycles. The third kappa shape index (κ3) is 25.2. The third-order valence-corrected chi connectivity index (χ3v) is 19.4. The number of rotatable bonds is 16. The summed E-state index contributed by atoms with van der Waals surface area (Å²) in [6, 6.07) is 5.13. The quantitative estimate of drug-likeness (QED) is 0.148. The van der Waals surface area contributed by atoms with Crippen molar-refractivity contribution in [2.24, 2.45) is 23.7 Å². The number of hydrogen-bond acceptors (Lipinski definition) is 14. The smallest absolute Gasteiger partial charge is 0.255 e. The number of carbonyl (C=O) groups is 12. The lowest BCUT2D eigenvalue weighted by Gasteiger charge is -2.37. The normalized spacial score (nSPS) is 25.5. The molecular weight excluding hydrogens is 1290 g/mol. The second kappa shape index (κ2) is 39.4. The van der Waals surface area contributed by atoms with Crippen LogP contribution in [0.25, 0.3) is 0 Å². The average Bonchev–Trinajstić information content (AvgIpc) is 0.832. The van der Waals surface area contributed by atoms with Crippen molar-refractivity contribution >= 4 is 70.9 Å². The van der Waals surface area contributed by atoms with Crippen LogP contribution in [-0.2, 0) is 75.1 Å². The second-order valence-corrected chi connectivity index (χ2v) is 30.2. The van der Waals surface area contributed by atoms with E-state index in [0.29, 0.717) is 37.9 Å². The number of likely N-dealkylation sites (tertiary alicyclic amines) is 1. The number of nitrogens with zero attached hydrogens (tertiary/aromatic N) is 8. The van der Waals surface area contributed by atoms with Gasteiger partial charge in [0, 0.05) is 93.8 Å². The van der Waals surface area contributed by atoms with Crippen LogP contribution in [0, 0.1) is 23.7 Å². The molecule has 2 aliphatic rings. The lowest BCUT2D eigenvalue weighted by atomic mass is 9.94. The van der Waals surface area contributed by atoms with Gasteiger partial charge in [-0.05, 0) is 114 Å². The van der Waals surface area contributed by atoms with E-state index in [1.54, 1.807) is 72.0 Å². The van der Waals surface area contributed by atoms with E-state index in [1.165, 1.54) is 78.6 Å². The van der Waals surface area contributed by atoms with E-state index in [-0.39, 0.29) is 69.3 Å². The summed E-state index contributed by atoms with van der Waals surface area (Å²) in [5, 5.41) is 22.5. The van der Waals surface area contributed by atoms with Gasteiger partial charge in [0.1, 0.15) is 42.3 Å². The summed E-state index contributed by atoms with van der Waals surface area (Å²) >= 11 is 0. The van der Waals surface area contributed by atoms with Gasteiger partial charge in [0.25, 0.3) is 11.8 Å². The van der Waals surface area contributed by atoms with Gasteiger partial charge in [-0.1, -0.05) is 122 Å². The van der Waals surface area contributed by atoms with Gasteiger partial charge in [-0.3, -0.25) is 57.5 Å². The van der Waals surface area contributed by atoms with Crippen LogP contribution < -0.4 is 21.3 Å². The maximum Gasteiger partial charge on any atom is 0.255 e. The Morgan fingerprint density at radius 3 is 1.44 bits per heavy atom. The number of aliphatic hydroxyl groups is 1. The Morgan fingerprint density at radius 1 is 0.515 bits per heavy atom. The van der Waals surface area contributed by atoms with Crippen molar-refractivity contribution in [1.82, 2.24) is 60.5 Å². The maximum atomic E-state index is 15.4. The summed E-state index contributed by atoms with van der Waals surface area (Å²) in [5.41, 5.74) is 0.583. The van der Waals surface area contributed by atoms with E-state index < -0.39 is 155 Å². The molecule has 2 heterocycles. The van der Waals surface area contributed by atoms with Gasteiger partial charge in [-0.15, -0.1) is 0 Å². The summed E-state index contributed by atoms with van der Waals surface area (Å²) in [6.45, 7) is 22.4. The minimum Gasteiger partial charge on any atom is -0.391 e. The Labute approximate surface area is 600 Å². The van der Waals surface area contributed by atoms with E-state index in [9.17, 15) is 38.7 Å². The number of piperidine rings is 1. The predicted molar refractivity (Wildman–Crippen MR) is 386 cm³/mol. The zero-order chi connectivity index (χ0) is 76.1. The molecule has 26 heteroatoms. The van der Waals surface area contributed by atoms with E-state index in [0.717, 1.165) is 21.8 Å². The van der Waals surface area contributed by atoms with E-state index in [1.807, 2.05) is 78.8 Å². The molecular formula is C75H120N12O14. The molecule has 0 aliphatic carbocycles. The SMILES string of the molecule is CC[C@H](C)[C@@H]1NC(=O)[C@H](CC(C)C)N(C)C(=O)CN(C)C(=O)[C@@H](C(=O)N2CCCCC2)NC(=O)[C@H](CC(C)C)N(C)C(=O)C[C@H](C)N(C)C(=O)[C@H]([C@@H](C)O)NC(=O)[C@H](CC(C)C)N(C)C(=O)[C@H](COC(C)(C)C)NC(=O)[C@H](Cc2ccccc2)N(C)C(=O)C[C@@H](Cc2ccccc2)N(C)C1=O. The molecule has 12 atom stereocenters. The highest BCUT2D eigenvalue weighted by atomic mass is 16.5. The van der Waals surface area contributed by atoms with Crippen molar-refractivity contribution in [2.75, 3.05) is 75.6 Å². The molecule has 2 aliphatic heterocycles. The number of carbonyl (C=O) groups excluding carboxylic acids is 12. The predicted octanol–water partition coefficient (Wildman–Crippen LogP) is 4.04. The zero-order valence-electron chi connectivity index (χ0n) is 63.9. The Hall–Kier alpha value is -8.00. The molecule has 0 bridgehead atoms. The number of nitrogens with one attached hydrogen (secondary N) is 4. The van der Waals surface area contributed by atoms with Crippen LogP contribution >= 0.6 is 0 Å². The van der Waals surface area contributed by atoms with Crippen LogP contribution in [0.4, 0.5) is 0 Å². The first kappa shape index (κ1) is 85.4. The number of aliphatic hydroxyl groups excluding tert-OH is 1. The fourth-order valence-electron chi connectivity index (χ4n) is 12.5. The number of hydrogen-bond donors (Lipinski definition) is 5. The molecule has 2 fully saturated rings. The monoisotopic (exact) mass is 1410 g/mol. The van der Waals surface area contributed by atoms with Crippen molar-refractivity contribution in [3.63, 3.8) is 0 Å². The largest absolute Gasteiger partial charge is 0.391 e. The lowest BCUT2D eigenvalue weighted by molar-refractivity contribution is -0.151. The number of ether oxygens (including phenoxy) is 1. The summed E-state index contributed by atoms with van der Waals surface area (Å²) in [6.07, 6.45) is 0.641. The van der Waals surface area contributed by atoms with Gasteiger partial charge in [0.2, 0.25) is 59.1 Å². The fourth-order valence-corrected chi connectivity index (χ4v) is 12.5. The molecule has 2 aromatic carbocycles. The Kier molecular flexibility index (Phi) is 33.3. The average molecular weight is 1410 g/mol. The molecule has 0 spiro atoms. The molecule has 0 aromatic heterocycles. The summed E-state index contributed by atoms with van der Waals surface area (Å²) in [5.74, 6) is -9.84. The lowest BCUT2D eigenvalue weighted by Crippen LogP contribution is -2.62. The van der Waals surface area contributed by atoms with Crippen LogP contribution in [0.2, 0.25) is 0 Å². The van der Waals surface area contributed by atoms with Gasteiger partial charge in [-0.25, -0.2) is 0 Å². The molecule has 5 N–H and O–H groups in total. The molecule has 0 unspecified atom stereocenters. The molecule has 2 aromatic rings. The van der Waals surface area contributed by atoms with Crippen LogP contribution in [0.1, 0.15) is 159 Å². The molecule has 26 nitrogen and oxygen atoms in total. The van der Waals surface area contributed by atoms with Crippen LogP contribution in [0.5, 0.6) is 0 Å². The maximum absolute atomic E-state index is 15.4. The van der Waals surface area contributed by atoms with Crippen molar-refractivity contribution in [1.29, 1.82) is 0 Å². The minimum atomic E-state index is -1.85. The van der Waals surface area contributed by atoms with Gasteiger partial charge in [0.05, 0.1) is 24.9 Å². The van der Waals surface area contributed by atoms with Gasteiger partial charge in [-0.2, -0.15) is 0 Å². The molecule has 101 heavy (non-hydrogen) atoms. The summed E-state index contributed by atoms with van der Waals surface area (Å²) < 4.78 is 6.21. The van der Waals surface area contributed by atoms with Crippen molar-refractivity contribution in [3.05, 3.63) is 71.8 Å². The molecule has 564 valence electrons. The number of likely N-dealkylation sites (N-methyl/N-ethyl adjacent to an activating group) is 7. The second-order valence-electron chi connectivity index (χ2n) is 30.2. The fraction of sp³-hybridized carbons (Fsp3) is 0.680. The van der Waals surface area contributed by atoms with Gasteiger partial charge >= 0.3 is 0 Å². The Bertz CT molecular complexity index is 3120. The first-order valence-electron chi connectivity index (χ1n) is 35.9. The Balaban J connectivity index is 1.97. The number of benzene rings is 2. The molecule has 12 amide bonds.